The van der Waals surface area contributed by atoms with E-state index >= 15 is 0 Å². The van der Waals surface area contributed by atoms with Gasteiger partial charge in [-0.3, -0.25) is 24.1 Å². The summed E-state index contributed by atoms with van der Waals surface area (Å²) in [7, 11) is 0. The average molecular weight is 532 g/mol. The minimum absolute atomic E-state index is 0.00487. The van der Waals surface area contributed by atoms with Crippen molar-refractivity contribution in [2.45, 2.75) is 38.3 Å². The maximum absolute atomic E-state index is 14.3. The first-order valence-corrected chi connectivity index (χ1v) is 13.8. The van der Waals surface area contributed by atoms with Crippen molar-refractivity contribution in [3.8, 4) is 5.75 Å². The zero-order valence-corrected chi connectivity index (χ0v) is 22.4. The smallest absolute Gasteiger partial charge is 0.292 e. The summed E-state index contributed by atoms with van der Waals surface area (Å²) in [6.07, 6.45) is 1.21. The number of anilines is 1. The molecule has 2 saturated heterocycles. The zero-order chi connectivity index (χ0) is 27.3. The number of carbonyl (C=O) groups is 4. The molecule has 0 radical (unpaired) electrons. The monoisotopic (exact) mass is 531 g/mol. The predicted molar refractivity (Wildman–Crippen MR) is 143 cm³/mol. The quantitative estimate of drug-likeness (QED) is 0.307. The highest BCUT2D eigenvalue weighted by atomic mass is 16.5. The van der Waals surface area contributed by atoms with Crippen LogP contribution in [0.2, 0.25) is 0 Å². The van der Waals surface area contributed by atoms with Crippen LogP contribution in [0, 0.1) is 5.92 Å². The standard InChI is InChI=1S/C30H33N3O6/c1-3-32-23-8-5-4-7-22(23)30(29(32)37)25(26(34)20-9-10-24-21(18-20)17-19(2)39-24)27(35)28(36)33(30)12-6-11-31-13-15-38-16-14-31/h4-5,7-10,18-19,25H,3,6,11-17H2,1-2H3/t19-,25?,30+/m1/s1. The van der Waals surface area contributed by atoms with E-state index in [0.717, 1.165) is 18.7 Å². The molecule has 2 amide bonds. The number of ether oxygens (including phenoxy) is 2. The zero-order valence-electron chi connectivity index (χ0n) is 22.4. The number of likely N-dealkylation sites (N-methyl/N-ethyl adjacent to an activating group) is 1. The van der Waals surface area contributed by atoms with Gasteiger partial charge in [-0.05, 0) is 50.1 Å². The molecule has 4 heterocycles. The van der Waals surface area contributed by atoms with E-state index in [1.54, 1.807) is 35.2 Å². The van der Waals surface area contributed by atoms with Crippen molar-refractivity contribution in [1.82, 2.24) is 9.80 Å². The van der Waals surface area contributed by atoms with Crippen LogP contribution < -0.4 is 9.64 Å². The molecule has 6 rings (SSSR count). The van der Waals surface area contributed by atoms with Gasteiger partial charge < -0.3 is 19.3 Å². The number of likely N-dealkylation sites (tertiary alicyclic amines) is 1. The van der Waals surface area contributed by atoms with Gasteiger partial charge in [-0.25, -0.2) is 0 Å². The van der Waals surface area contributed by atoms with Gasteiger partial charge in [-0.1, -0.05) is 18.2 Å². The van der Waals surface area contributed by atoms with Crippen LogP contribution in [0.25, 0.3) is 0 Å². The number of fused-ring (bicyclic) bond motifs is 3. The summed E-state index contributed by atoms with van der Waals surface area (Å²) in [4.78, 5) is 61.2. The van der Waals surface area contributed by atoms with Crippen molar-refractivity contribution in [3.63, 3.8) is 0 Å². The number of rotatable bonds is 7. The molecule has 0 bridgehead atoms. The van der Waals surface area contributed by atoms with Crippen LogP contribution in [0.5, 0.6) is 5.75 Å². The second kappa shape index (κ2) is 9.88. The molecule has 9 heteroatoms. The van der Waals surface area contributed by atoms with E-state index in [4.69, 9.17) is 9.47 Å². The minimum Gasteiger partial charge on any atom is -0.490 e. The van der Waals surface area contributed by atoms with E-state index < -0.39 is 34.8 Å². The first-order valence-electron chi connectivity index (χ1n) is 13.8. The molecule has 3 atom stereocenters. The molecular weight excluding hydrogens is 498 g/mol. The first-order chi connectivity index (χ1) is 18.9. The lowest BCUT2D eigenvalue weighted by atomic mass is 9.75. The number of hydrogen-bond acceptors (Lipinski definition) is 7. The number of carbonyl (C=O) groups excluding carboxylic acids is 4. The molecule has 0 aliphatic carbocycles. The third kappa shape index (κ3) is 3.90. The summed E-state index contributed by atoms with van der Waals surface area (Å²) in [6.45, 7) is 7.97. The molecule has 0 aromatic heterocycles. The molecule has 1 unspecified atom stereocenters. The molecule has 0 saturated carbocycles. The Hall–Kier alpha value is -3.56. The molecule has 4 aliphatic rings. The number of Topliss-reactive ketones (excluding diaryl/α,β-unsaturated/α-hetero) is 2. The largest absolute Gasteiger partial charge is 0.490 e. The van der Waals surface area contributed by atoms with E-state index in [1.807, 2.05) is 26.0 Å². The minimum atomic E-state index is -1.70. The van der Waals surface area contributed by atoms with Crippen LogP contribution in [0.4, 0.5) is 5.69 Å². The predicted octanol–water partition coefficient (Wildman–Crippen LogP) is 2.20. The van der Waals surface area contributed by atoms with Crippen molar-refractivity contribution in [3.05, 3.63) is 59.2 Å². The molecule has 2 aromatic rings. The Balaban J connectivity index is 1.42. The molecule has 2 fully saturated rings. The second-order valence-corrected chi connectivity index (χ2v) is 10.7. The van der Waals surface area contributed by atoms with Crippen molar-refractivity contribution in [2.75, 3.05) is 50.8 Å². The van der Waals surface area contributed by atoms with E-state index in [9.17, 15) is 19.2 Å². The fourth-order valence-electron chi connectivity index (χ4n) is 6.68. The van der Waals surface area contributed by atoms with Gasteiger partial charge in [0.2, 0.25) is 5.78 Å². The van der Waals surface area contributed by atoms with E-state index in [-0.39, 0.29) is 12.6 Å². The fraction of sp³-hybridized carbons (Fsp3) is 0.467. The third-order valence-electron chi connectivity index (χ3n) is 8.46. The van der Waals surface area contributed by atoms with E-state index in [1.165, 1.54) is 4.90 Å². The molecule has 2 aromatic carbocycles. The fourth-order valence-corrected chi connectivity index (χ4v) is 6.68. The van der Waals surface area contributed by atoms with Crippen molar-refractivity contribution in [1.29, 1.82) is 0 Å². The Morgan fingerprint density at radius 1 is 1.05 bits per heavy atom. The number of ketones is 2. The van der Waals surface area contributed by atoms with Crippen LogP contribution in [0.1, 0.15) is 41.8 Å². The first kappa shape index (κ1) is 25.7. The number of morpholine rings is 1. The van der Waals surface area contributed by atoms with Crippen LogP contribution in [-0.4, -0.2) is 85.2 Å². The lowest BCUT2D eigenvalue weighted by Gasteiger charge is -2.37. The van der Waals surface area contributed by atoms with Crippen molar-refractivity contribution < 1.29 is 28.7 Å². The maximum Gasteiger partial charge on any atom is 0.292 e. The van der Waals surface area contributed by atoms with Gasteiger partial charge >= 0.3 is 0 Å². The lowest BCUT2D eigenvalue weighted by molar-refractivity contribution is -0.143. The summed E-state index contributed by atoms with van der Waals surface area (Å²) in [5.41, 5.74) is 0.673. The normalized spacial score (nSPS) is 26.4. The summed E-state index contributed by atoms with van der Waals surface area (Å²) in [5.74, 6) is -3.24. The lowest BCUT2D eigenvalue weighted by Crippen LogP contribution is -2.56. The number of para-hydroxylation sites is 1. The summed E-state index contributed by atoms with van der Waals surface area (Å²) >= 11 is 0. The molecule has 1 spiro atoms. The van der Waals surface area contributed by atoms with Crippen LogP contribution in [0.15, 0.2) is 42.5 Å². The van der Waals surface area contributed by atoms with E-state index in [0.29, 0.717) is 61.7 Å². The molecule has 9 nitrogen and oxygen atoms in total. The highest BCUT2D eigenvalue weighted by Gasteiger charge is 2.70. The summed E-state index contributed by atoms with van der Waals surface area (Å²) < 4.78 is 11.2. The topological polar surface area (TPSA) is 96.5 Å². The number of benzene rings is 2. The van der Waals surface area contributed by atoms with Gasteiger partial charge in [0.15, 0.2) is 11.3 Å². The Kier molecular flexibility index (Phi) is 6.51. The number of hydrogen-bond donors (Lipinski definition) is 0. The van der Waals surface area contributed by atoms with Gasteiger partial charge in [0.05, 0.1) is 13.2 Å². The van der Waals surface area contributed by atoms with Crippen LogP contribution >= 0.6 is 0 Å². The SMILES string of the molecule is CCN1C(=O)[C@]2(c3ccccc31)C(C(=O)c1ccc3c(c1)C[C@@H](C)O3)C(=O)C(=O)N2CCCN1CCOCC1. The maximum atomic E-state index is 14.3. The molecular formula is C30H33N3O6. The van der Waals surface area contributed by atoms with Crippen LogP contribution in [-0.2, 0) is 31.1 Å². The number of amides is 2. The Bertz CT molecular complexity index is 1350. The van der Waals surface area contributed by atoms with Crippen LogP contribution in [0.3, 0.4) is 0 Å². The molecule has 0 N–H and O–H groups in total. The Morgan fingerprint density at radius 3 is 2.59 bits per heavy atom. The van der Waals surface area contributed by atoms with Gasteiger partial charge in [0.1, 0.15) is 17.8 Å². The Morgan fingerprint density at radius 2 is 1.82 bits per heavy atom. The summed E-state index contributed by atoms with van der Waals surface area (Å²) in [6, 6.07) is 12.3. The van der Waals surface area contributed by atoms with Gasteiger partial charge in [0.25, 0.3) is 11.8 Å². The van der Waals surface area contributed by atoms with Gasteiger partial charge in [0, 0.05) is 56.0 Å². The van der Waals surface area contributed by atoms with Crippen molar-refractivity contribution >= 4 is 29.1 Å². The number of nitrogens with zero attached hydrogens (tertiary/aromatic N) is 3. The third-order valence-corrected chi connectivity index (χ3v) is 8.46. The van der Waals surface area contributed by atoms with Gasteiger partial charge in [-0.2, -0.15) is 0 Å². The molecule has 4 aliphatic heterocycles. The highest BCUT2D eigenvalue weighted by molar-refractivity contribution is 6.46. The molecule has 204 valence electrons. The van der Waals surface area contributed by atoms with Crippen molar-refractivity contribution in [2.24, 2.45) is 5.92 Å². The van der Waals surface area contributed by atoms with E-state index in [2.05, 4.69) is 4.90 Å². The molecule has 39 heavy (non-hydrogen) atoms. The van der Waals surface area contributed by atoms with Gasteiger partial charge in [-0.15, -0.1) is 0 Å². The Labute approximate surface area is 227 Å². The second-order valence-electron chi connectivity index (χ2n) is 10.7. The highest BCUT2D eigenvalue weighted by Crippen LogP contribution is 2.53. The average Bonchev–Trinajstić information content (AvgIpc) is 3.52. The summed E-state index contributed by atoms with van der Waals surface area (Å²) in [5, 5.41) is 0.